The molecule has 0 aromatic heterocycles. The Balaban J connectivity index is 2.53. The Bertz CT molecular complexity index is 263. The van der Waals surface area contributed by atoms with Crippen LogP contribution in [-0.4, -0.2) is 12.6 Å². The van der Waals surface area contributed by atoms with Gasteiger partial charge in [0.1, 0.15) is 0 Å². The minimum Gasteiger partial charge on any atom is -0.383 e. The highest BCUT2D eigenvalue weighted by Gasteiger charge is 2.00. The topological polar surface area (TPSA) is 38.0 Å². The Morgan fingerprint density at radius 3 is 2.92 bits per heavy atom. The Morgan fingerprint density at radius 1 is 1.54 bits per heavy atom. The fourth-order valence-corrected chi connectivity index (χ4v) is 1.38. The third-order valence-corrected chi connectivity index (χ3v) is 2.07. The molecule has 0 radical (unpaired) electrons. The number of rotatable bonds is 4. The van der Waals surface area contributed by atoms with E-state index in [4.69, 9.17) is 17.3 Å². The Kier molecular flexibility index (Phi) is 4.06. The molecule has 2 nitrogen and oxygen atoms in total. The zero-order valence-corrected chi connectivity index (χ0v) is 8.51. The maximum Gasteiger partial charge on any atom is 0.0426 e. The third kappa shape index (κ3) is 3.66. The highest BCUT2D eigenvalue weighted by molar-refractivity contribution is 6.30. The van der Waals surface area contributed by atoms with E-state index in [1.54, 1.807) is 0 Å². The number of nitrogens with one attached hydrogen (secondary N) is 1. The minimum absolute atomic E-state index is 0.392. The summed E-state index contributed by atoms with van der Waals surface area (Å²) in [6.07, 6.45) is 0.965. The molecular formula is C10H15ClN2. The lowest BCUT2D eigenvalue weighted by molar-refractivity contribution is 0.717. The maximum absolute atomic E-state index is 5.84. The van der Waals surface area contributed by atoms with Crippen LogP contribution in [0.3, 0.4) is 0 Å². The lowest BCUT2D eigenvalue weighted by Crippen LogP contribution is -2.19. The Labute approximate surface area is 84.1 Å². The average molecular weight is 199 g/mol. The molecule has 13 heavy (non-hydrogen) atoms. The predicted octanol–water partition coefficient (Wildman–Crippen LogP) is 2.49. The third-order valence-electron chi connectivity index (χ3n) is 1.84. The summed E-state index contributed by atoms with van der Waals surface area (Å²) >= 11 is 5.84. The van der Waals surface area contributed by atoms with Gasteiger partial charge in [0, 0.05) is 16.8 Å². The predicted molar refractivity (Wildman–Crippen MR) is 58.2 cm³/mol. The molecule has 72 valence electrons. The summed E-state index contributed by atoms with van der Waals surface area (Å²) in [5, 5.41) is 4.07. The smallest absolute Gasteiger partial charge is 0.0426 e. The molecule has 1 unspecified atom stereocenters. The van der Waals surface area contributed by atoms with E-state index in [1.807, 2.05) is 24.3 Å². The van der Waals surface area contributed by atoms with E-state index in [1.165, 1.54) is 0 Å². The van der Waals surface area contributed by atoms with Crippen molar-refractivity contribution in [3.05, 3.63) is 29.3 Å². The van der Waals surface area contributed by atoms with Crippen LogP contribution in [0, 0.1) is 0 Å². The van der Waals surface area contributed by atoms with Gasteiger partial charge in [-0.2, -0.15) is 0 Å². The molecule has 0 bridgehead atoms. The van der Waals surface area contributed by atoms with Crippen LogP contribution in [-0.2, 0) is 0 Å². The van der Waals surface area contributed by atoms with Gasteiger partial charge in [-0.15, -0.1) is 0 Å². The second-order valence-corrected chi connectivity index (χ2v) is 3.57. The van der Waals surface area contributed by atoms with E-state index in [-0.39, 0.29) is 0 Å². The summed E-state index contributed by atoms with van der Waals surface area (Å²) in [5.41, 5.74) is 6.50. The first-order valence-corrected chi connectivity index (χ1v) is 4.82. The van der Waals surface area contributed by atoms with Gasteiger partial charge in [-0.05, 0) is 38.1 Å². The van der Waals surface area contributed by atoms with E-state index >= 15 is 0 Å². The van der Waals surface area contributed by atoms with Gasteiger partial charge < -0.3 is 11.1 Å². The van der Waals surface area contributed by atoms with Crippen molar-refractivity contribution < 1.29 is 0 Å². The van der Waals surface area contributed by atoms with Crippen LogP contribution in [0.4, 0.5) is 5.69 Å². The lowest BCUT2D eigenvalue weighted by Gasteiger charge is -2.13. The van der Waals surface area contributed by atoms with E-state index in [2.05, 4.69) is 12.2 Å². The highest BCUT2D eigenvalue weighted by Crippen LogP contribution is 2.15. The van der Waals surface area contributed by atoms with Crippen molar-refractivity contribution in [2.75, 3.05) is 11.9 Å². The molecule has 0 amide bonds. The number of hydrogen-bond acceptors (Lipinski definition) is 2. The number of benzene rings is 1. The fourth-order valence-electron chi connectivity index (χ4n) is 1.18. The number of nitrogens with two attached hydrogens (primary N) is 1. The fraction of sp³-hybridized carbons (Fsp3) is 0.400. The molecule has 0 fully saturated rings. The molecule has 3 heteroatoms. The lowest BCUT2D eigenvalue weighted by atomic mass is 10.2. The summed E-state index contributed by atoms with van der Waals surface area (Å²) in [7, 11) is 0. The zero-order valence-electron chi connectivity index (χ0n) is 7.76. The molecule has 1 rings (SSSR count). The molecule has 0 heterocycles. The van der Waals surface area contributed by atoms with Crippen molar-refractivity contribution in [1.82, 2.24) is 0 Å². The minimum atomic E-state index is 0.392. The number of anilines is 1. The van der Waals surface area contributed by atoms with Crippen molar-refractivity contribution in [3.63, 3.8) is 0 Å². The first-order valence-electron chi connectivity index (χ1n) is 4.44. The molecule has 0 saturated carbocycles. The van der Waals surface area contributed by atoms with Gasteiger partial charge in [0.15, 0.2) is 0 Å². The van der Waals surface area contributed by atoms with Gasteiger partial charge >= 0.3 is 0 Å². The Morgan fingerprint density at radius 2 is 2.31 bits per heavy atom. The summed E-state index contributed by atoms with van der Waals surface area (Å²) in [6.45, 7) is 2.81. The van der Waals surface area contributed by atoms with E-state index in [0.29, 0.717) is 12.6 Å². The van der Waals surface area contributed by atoms with Crippen molar-refractivity contribution in [3.8, 4) is 0 Å². The van der Waals surface area contributed by atoms with Crippen LogP contribution < -0.4 is 11.1 Å². The van der Waals surface area contributed by atoms with Gasteiger partial charge in [-0.25, -0.2) is 0 Å². The molecule has 0 aliphatic carbocycles. The Hall–Kier alpha value is -0.730. The van der Waals surface area contributed by atoms with E-state index < -0.39 is 0 Å². The van der Waals surface area contributed by atoms with E-state index in [9.17, 15) is 0 Å². The summed E-state index contributed by atoms with van der Waals surface area (Å²) < 4.78 is 0. The van der Waals surface area contributed by atoms with Gasteiger partial charge in [-0.3, -0.25) is 0 Å². The van der Waals surface area contributed by atoms with Gasteiger partial charge in [0.05, 0.1) is 0 Å². The van der Waals surface area contributed by atoms with Gasteiger partial charge in [0.25, 0.3) is 0 Å². The quantitative estimate of drug-likeness (QED) is 0.780. The number of halogens is 1. The van der Waals surface area contributed by atoms with Gasteiger partial charge in [0.2, 0.25) is 0 Å². The van der Waals surface area contributed by atoms with Crippen LogP contribution in [0.1, 0.15) is 13.3 Å². The van der Waals surface area contributed by atoms with E-state index in [0.717, 1.165) is 17.1 Å². The van der Waals surface area contributed by atoms with Crippen LogP contribution in [0.15, 0.2) is 24.3 Å². The molecule has 3 N–H and O–H groups in total. The van der Waals surface area contributed by atoms with Crippen LogP contribution in [0.2, 0.25) is 5.02 Å². The molecule has 1 atom stereocenters. The van der Waals surface area contributed by atoms with Crippen molar-refractivity contribution in [2.24, 2.45) is 5.73 Å². The van der Waals surface area contributed by atoms with Crippen LogP contribution in [0.5, 0.6) is 0 Å². The second-order valence-electron chi connectivity index (χ2n) is 3.13. The largest absolute Gasteiger partial charge is 0.383 e. The zero-order chi connectivity index (χ0) is 9.68. The first-order chi connectivity index (χ1) is 6.22. The number of hydrogen-bond donors (Lipinski definition) is 2. The average Bonchev–Trinajstić information content (AvgIpc) is 2.04. The molecule has 0 spiro atoms. The van der Waals surface area contributed by atoms with Gasteiger partial charge in [-0.1, -0.05) is 17.7 Å². The van der Waals surface area contributed by atoms with Crippen LogP contribution in [0.25, 0.3) is 0 Å². The molecule has 1 aromatic rings. The molecule has 0 aliphatic heterocycles. The summed E-state index contributed by atoms with van der Waals surface area (Å²) in [5.74, 6) is 0. The molecule has 0 saturated heterocycles. The molecule has 0 aliphatic rings. The molecule has 1 aromatic carbocycles. The van der Waals surface area contributed by atoms with Crippen molar-refractivity contribution >= 4 is 17.3 Å². The van der Waals surface area contributed by atoms with Crippen molar-refractivity contribution in [2.45, 2.75) is 19.4 Å². The first kappa shape index (κ1) is 10.4. The normalized spacial score (nSPS) is 12.5. The second kappa shape index (κ2) is 5.10. The SMILES string of the molecule is CC(CCN)Nc1cccc(Cl)c1. The van der Waals surface area contributed by atoms with Crippen LogP contribution >= 0.6 is 11.6 Å². The monoisotopic (exact) mass is 198 g/mol. The standard InChI is InChI=1S/C10H15ClN2/c1-8(5-6-12)13-10-4-2-3-9(11)7-10/h2-4,7-8,13H,5-6,12H2,1H3. The molecular weight excluding hydrogens is 184 g/mol. The summed E-state index contributed by atoms with van der Waals surface area (Å²) in [6, 6.07) is 8.09. The van der Waals surface area contributed by atoms with Crippen molar-refractivity contribution in [1.29, 1.82) is 0 Å². The maximum atomic E-state index is 5.84. The summed E-state index contributed by atoms with van der Waals surface area (Å²) in [4.78, 5) is 0. The highest BCUT2D eigenvalue weighted by atomic mass is 35.5.